The van der Waals surface area contributed by atoms with Crippen LogP contribution in [0.25, 0.3) is 0 Å². The number of carbonyl (C=O) groups is 1. The number of para-hydroxylation sites is 1. The molecule has 172 valence electrons. The van der Waals surface area contributed by atoms with Gasteiger partial charge < -0.3 is 9.80 Å². The average Bonchev–Trinajstić information content (AvgIpc) is 2.78. The zero-order valence-corrected chi connectivity index (χ0v) is 20.2. The molecule has 1 heterocycles. The molecule has 8 heteroatoms. The van der Waals surface area contributed by atoms with Crippen LogP contribution in [0.3, 0.4) is 0 Å². The number of amides is 1. The molecule has 3 aromatic rings. The van der Waals surface area contributed by atoms with E-state index in [4.69, 9.17) is 11.6 Å². The molecule has 0 saturated carbocycles. The number of nitrogens with zero attached hydrogens (tertiary/aromatic N) is 2. The molecule has 0 bridgehead atoms. The highest BCUT2D eigenvalue weighted by Crippen LogP contribution is 2.27. The number of hydrogen-bond donors (Lipinski definition) is 1. The van der Waals surface area contributed by atoms with Gasteiger partial charge in [0.15, 0.2) is 0 Å². The predicted molar refractivity (Wildman–Crippen MR) is 133 cm³/mol. The molecule has 4 rings (SSSR count). The second kappa shape index (κ2) is 9.45. The minimum absolute atomic E-state index is 0.0670. The van der Waals surface area contributed by atoms with Gasteiger partial charge >= 0.3 is 0 Å². The van der Waals surface area contributed by atoms with Gasteiger partial charge in [-0.2, -0.15) is 0 Å². The summed E-state index contributed by atoms with van der Waals surface area (Å²) in [5, 5.41) is 0.0670. The Morgan fingerprint density at radius 3 is 2.15 bits per heavy atom. The third-order valence-corrected chi connectivity index (χ3v) is 7.49. The maximum Gasteiger partial charge on any atom is 0.263 e. The molecule has 0 aliphatic carbocycles. The van der Waals surface area contributed by atoms with Crippen LogP contribution in [0.15, 0.2) is 71.6 Å². The minimum Gasteiger partial charge on any atom is -0.368 e. The molecule has 1 saturated heterocycles. The number of sulfonamides is 1. The molecule has 0 spiro atoms. The quantitative estimate of drug-likeness (QED) is 0.570. The van der Waals surface area contributed by atoms with Crippen LogP contribution in [0.5, 0.6) is 0 Å². The number of anilines is 2. The average molecular weight is 484 g/mol. The first-order valence-electron chi connectivity index (χ1n) is 10.7. The Bertz CT molecular complexity index is 1250. The van der Waals surface area contributed by atoms with Crippen molar-refractivity contribution < 1.29 is 13.2 Å². The van der Waals surface area contributed by atoms with E-state index in [0.29, 0.717) is 37.4 Å². The lowest BCUT2D eigenvalue weighted by Gasteiger charge is -2.36. The van der Waals surface area contributed by atoms with Gasteiger partial charge in [0.25, 0.3) is 15.9 Å². The summed E-state index contributed by atoms with van der Waals surface area (Å²) >= 11 is 6.24. The van der Waals surface area contributed by atoms with E-state index in [1.807, 2.05) is 38.1 Å². The van der Waals surface area contributed by atoms with Crippen molar-refractivity contribution in [2.75, 3.05) is 35.8 Å². The Hall–Kier alpha value is -3.03. The Morgan fingerprint density at radius 2 is 1.52 bits per heavy atom. The van der Waals surface area contributed by atoms with Crippen molar-refractivity contribution >= 4 is 38.9 Å². The first kappa shape index (κ1) is 23.1. The molecule has 0 radical (unpaired) electrons. The first-order chi connectivity index (χ1) is 15.7. The summed E-state index contributed by atoms with van der Waals surface area (Å²) < 4.78 is 28.7. The first-order valence-corrected chi connectivity index (χ1v) is 12.6. The maximum atomic E-state index is 13.1. The Morgan fingerprint density at radius 1 is 0.879 bits per heavy atom. The monoisotopic (exact) mass is 483 g/mol. The fraction of sp³-hybridized carbons (Fsp3) is 0.240. The highest BCUT2D eigenvalue weighted by atomic mass is 35.5. The van der Waals surface area contributed by atoms with Gasteiger partial charge in [0.05, 0.1) is 5.02 Å². The van der Waals surface area contributed by atoms with Crippen molar-refractivity contribution in [2.24, 2.45) is 0 Å². The van der Waals surface area contributed by atoms with Crippen LogP contribution in [-0.4, -0.2) is 45.4 Å². The zero-order valence-electron chi connectivity index (χ0n) is 18.6. The van der Waals surface area contributed by atoms with Crippen molar-refractivity contribution in [3.8, 4) is 0 Å². The molecule has 1 amide bonds. The number of piperazine rings is 1. The molecule has 0 atom stereocenters. The van der Waals surface area contributed by atoms with E-state index in [9.17, 15) is 13.2 Å². The van der Waals surface area contributed by atoms with Crippen molar-refractivity contribution in [2.45, 2.75) is 18.7 Å². The van der Waals surface area contributed by atoms with Crippen molar-refractivity contribution in [1.29, 1.82) is 0 Å². The molecule has 6 nitrogen and oxygen atoms in total. The largest absolute Gasteiger partial charge is 0.368 e. The number of aryl methyl sites for hydroxylation is 2. The number of carbonyl (C=O) groups excluding carboxylic acids is 1. The fourth-order valence-electron chi connectivity index (χ4n) is 4.08. The number of halogens is 1. The molecule has 1 N–H and O–H groups in total. The van der Waals surface area contributed by atoms with Crippen molar-refractivity contribution in [3.63, 3.8) is 0 Å². The summed E-state index contributed by atoms with van der Waals surface area (Å²) in [6.07, 6.45) is 0. The van der Waals surface area contributed by atoms with Gasteiger partial charge in [-0.15, -0.1) is 0 Å². The van der Waals surface area contributed by atoms with E-state index in [2.05, 4.69) is 21.8 Å². The lowest BCUT2D eigenvalue weighted by molar-refractivity contribution is 0.0746. The Labute approximate surface area is 199 Å². The standard InChI is InChI=1S/C25H26ClN3O3S/c1-18-14-19(2)16-21(15-18)27-33(31,32)24-17-20(8-9-23(24)26)25(30)29-12-10-28(11-13-29)22-6-4-3-5-7-22/h3-9,14-17,27H,10-13H2,1-2H3. The van der Waals surface area contributed by atoms with Crippen LogP contribution in [0.2, 0.25) is 5.02 Å². The lowest BCUT2D eigenvalue weighted by atomic mass is 10.1. The van der Waals surface area contributed by atoms with Crippen LogP contribution in [0.4, 0.5) is 11.4 Å². The topological polar surface area (TPSA) is 69.7 Å². The SMILES string of the molecule is Cc1cc(C)cc(NS(=O)(=O)c2cc(C(=O)N3CCN(c4ccccc4)CC3)ccc2Cl)c1. The van der Waals surface area contributed by atoms with E-state index in [1.54, 1.807) is 23.1 Å². The highest BCUT2D eigenvalue weighted by molar-refractivity contribution is 7.92. The molecule has 1 aliphatic heterocycles. The third kappa shape index (κ3) is 5.31. The summed E-state index contributed by atoms with van der Waals surface area (Å²) in [4.78, 5) is 17.0. The normalized spacial score (nSPS) is 14.3. The predicted octanol–water partition coefficient (Wildman–Crippen LogP) is 4.72. The Kier molecular flexibility index (Phi) is 6.63. The van der Waals surface area contributed by atoms with E-state index in [1.165, 1.54) is 12.1 Å². The van der Waals surface area contributed by atoms with Gasteiger partial charge in [-0.25, -0.2) is 8.42 Å². The van der Waals surface area contributed by atoms with E-state index < -0.39 is 10.0 Å². The molecule has 1 aliphatic rings. The van der Waals surface area contributed by atoms with Crippen LogP contribution < -0.4 is 9.62 Å². The van der Waals surface area contributed by atoms with E-state index >= 15 is 0 Å². The summed E-state index contributed by atoms with van der Waals surface area (Å²) in [5.74, 6) is -0.206. The van der Waals surface area contributed by atoms with Gasteiger partial charge in [0.1, 0.15) is 4.90 Å². The van der Waals surface area contributed by atoms with Gasteiger partial charge in [-0.1, -0.05) is 35.9 Å². The van der Waals surface area contributed by atoms with Gasteiger partial charge in [0.2, 0.25) is 0 Å². The third-order valence-electron chi connectivity index (χ3n) is 5.63. The van der Waals surface area contributed by atoms with E-state index in [-0.39, 0.29) is 15.8 Å². The van der Waals surface area contributed by atoms with Crippen molar-refractivity contribution in [1.82, 2.24) is 4.90 Å². The van der Waals surface area contributed by atoms with Crippen LogP contribution in [-0.2, 0) is 10.0 Å². The van der Waals surface area contributed by atoms with Crippen LogP contribution >= 0.6 is 11.6 Å². The minimum atomic E-state index is -3.97. The summed E-state index contributed by atoms with van der Waals surface area (Å²) in [5.41, 5.74) is 3.77. The fourth-order valence-corrected chi connectivity index (χ4v) is 5.64. The number of rotatable bonds is 5. The Balaban J connectivity index is 1.51. The molecule has 1 fully saturated rings. The molecule has 0 unspecified atom stereocenters. The van der Waals surface area contributed by atoms with E-state index in [0.717, 1.165) is 16.8 Å². The van der Waals surface area contributed by atoms with Gasteiger partial charge in [0, 0.05) is 43.1 Å². The molecule has 3 aromatic carbocycles. The zero-order chi connectivity index (χ0) is 23.6. The number of benzene rings is 3. The molecule has 0 aromatic heterocycles. The van der Waals surface area contributed by atoms with Gasteiger partial charge in [-0.3, -0.25) is 9.52 Å². The maximum absolute atomic E-state index is 13.1. The second-order valence-corrected chi connectivity index (χ2v) is 10.3. The second-order valence-electron chi connectivity index (χ2n) is 8.24. The van der Waals surface area contributed by atoms with Gasteiger partial charge in [-0.05, 0) is 67.4 Å². The number of hydrogen-bond acceptors (Lipinski definition) is 4. The summed E-state index contributed by atoms with van der Waals surface area (Å²) in [6.45, 7) is 6.33. The van der Waals surface area contributed by atoms with Crippen LogP contribution in [0.1, 0.15) is 21.5 Å². The smallest absolute Gasteiger partial charge is 0.263 e. The van der Waals surface area contributed by atoms with Crippen LogP contribution in [0, 0.1) is 13.8 Å². The molecular weight excluding hydrogens is 458 g/mol. The summed E-state index contributed by atoms with van der Waals surface area (Å²) in [7, 11) is -3.97. The molecule has 33 heavy (non-hydrogen) atoms. The number of nitrogens with one attached hydrogen (secondary N) is 1. The molecular formula is C25H26ClN3O3S. The highest BCUT2D eigenvalue weighted by Gasteiger charge is 2.25. The lowest BCUT2D eigenvalue weighted by Crippen LogP contribution is -2.48. The van der Waals surface area contributed by atoms with Crippen molar-refractivity contribution in [3.05, 3.63) is 88.4 Å². The summed E-state index contributed by atoms with van der Waals surface area (Å²) in [6, 6.07) is 19.9.